The number of Topliss-reactive ketones (excluding diaryl/α,β-unsaturated/α-hetero) is 1. The van der Waals surface area contributed by atoms with Crippen LogP contribution in [-0.2, 0) is 29.5 Å². The Hall–Kier alpha value is -4.70. The zero-order valence-electron chi connectivity index (χ0n) is 28.4. The molecule has 3 fully saturated rings. The molecule has 3 aliphatic rings. The van der Waals surface area contributed by atoms with Gasteiger partial charge in [0, 0.05) is 57.6 Å². The van der Waals surface area contributed by atoms with Crippen LogP contribution in [0.25, 0.3) is 5.65 Å². The first-order valence-corrected chi connectivity index (χ1v) is 17.3. The average molecular weight is 692 g/mol. The van der Waals surface area contributed by atoms with Gasteiger partial charge in [0.05, 0.1) is 23.5 Å². The molecule has 0 bridgehead atoms. The Morgan fingerprint density at radius 1 is 1.12 bits per heavy atom. The van der Waals surface area contributed by atoms with Gasteiger partial charge in [-0.1, -0.05) is 37.3 Å². The van der Waals surface area contributed by atoms with Crippen molar-refractivity contribution in [2.75, 3.05) is 19.8 Å². The molecule has 3 aromatic rings. The van der Waals surface area contributed by atoms with E-state index in [2.05, 4.69) is 25.9 Å². The topological polar surface area (TPSA) is 216 Å². The lowest BCUT2D eigenvalue weighted by Crippen LogP contribution is -2.64. The van der Waals surface area contributed by atoms with Crippen molar-refractivity contribution in [1.82, 2.24) is 39.9 Å². The molecule has 3 atom stereocenters. The molecule has 5 N–H and O–H groups in total. The predicted molar refractivity (Wildman–Crippen MR) is 177 cm³/mol. The van der Waals surface area contributed by atoms with E-state index in [1.54, 1.807) is 49.0 Å². The Labute approximate surface area is 289 Å². The number of carbonyl (C=O) groups is 5. The first kappa shape index (κ1) is 35.1. The lowest BCUT2D eigenvalue weighted by molar-refractivity contribution is -0.147. The van der Waals surface area contributed by atoms with Crippen LogP contribution in [0.3, 0.4) is 0 Å². The van der Waals surface area contributed by atoms with Crippen LogP contribution < -0.4 is 16.4 Å². The van der Waals surface area contributed by atoms with Crippen LogP contribution in [0.2, 0.25) is 0 Å². The van der Waals surface area contributed by atoms with Crippen molar-refractivity contribution in [3.05, 3.63) is 48.2 Å². The number of amides is 4. The van der Waals surface area contributed by atoms with Gasteiger partial charge in [-0.15, -0.1) is 5.10 Å². The second-order valence-electron chi connectivity index (χ2n) is 14.3. The molecule has 2 aliphatic heterocycles. The summed E-state index contributed by atoms with van der Waals surface area (Å²) in [5.41, 5.74) is 3.91. The summed E-state index contributed by atoms with van der Waals surface area (Å²) in [6.07, 6.45) is 12.0. The maximum Gasteiger partial charge on any atom is 0.287 e. The third kappa shape index (κ3) is 7.26. The average Bonchev–Trinajstić information content (AvgIpc) is 3.87. The van der Waals surface area contributed by atoms with Gasteiger partial charge in [0.2, 0.25) is 17.6 Å². The minimum Gasteiger partial charge on any atom is -0.384 e. The number of aromatic nitrogens is 5. The van der Waals surface area contributed by atoms with Crippen LogP contribution in [0.4, 0.5) is 0 Å². The summed E-state index contributed by atoms with van der Waals surface area (Å²) >= 11 is 0. The second kappa shape index (κ2) is 14.3. The number of hydrogen-bond acceptors (Lipinski definition) is 10. The van der Waals surface area contributed by atoms with E-state index in [1.165, 1.54) is 15.8 Å². The zero-order valence-corrected chi connectivity index (χ0v) is 28.4. The standard InChI is InChI=1S/C34H45N9O7/c1-33(2,49)26-18-37-40-43(26)23-17-25(31(47)39-34(28(44)29(35)45)10-14-50-15-11-34)42(20-23)32(48)24(16-21-6-4-3-5-7-21)38-30(46)22-8-9-27-36-12-13-41(27)19-22/h8-9,12-13,18-19,21,23-25,49H,3-7,10-11,14-17,20H2,1-2H3,(H2,35,45)(H,38,46)(H,39,47)/t23-,24+,25-/m0/s1. The number of pyridine rings is 1. The highest BCUT2D eigenvalue weighted by atomic mass is 16.5. The summed E-state index contributed by atoms with van der Waals surface area (Å²) in [4.78, 5) is 73.6. The maximum absolute atomic E-state index is 14.7. The molecule has 4 amide bonds. The van der Waals surface area contributed by atoms with Gasteiger partial charge in [0.15, 0.2) is 0 Å². The Bertz CT molecular complexity index is 1750. The molecule has 0 aromatic carbocycles. The van der Waals surface area contributed by atoms with Crippen molar-refractivity contribution in [3.63, 3.8) is 0 Å². The van der Waals surface area contributed by atoms with Crippen LogP contribution in [0.5, 0.6) is 0 Å². The Balaban J connectivity index is 1.33. The highest BCUT2D eigenvalue weighted by Gasteiger charge is 2.49. The van der Waals surface area contributed by atoms with Crippen LogP contribution >= 0.6 is 0 Å². The molecular formula is C34H45N9O7. The largest absolute Gasteiger partial charge is 0.384 e. The Kier molecular flexibility index (Phi) is 10.0. The van der Waals surface area contributed by atoms with E-state index in [9.17, 15) is 29.1 Å². The molecule has 1 saturated carbocycles. The molecule has 16 heteroatoms. The minimum absolute atomic E-state index is 0.0151. The lowest BCUT2D eigenvalue weighted by atomic mass is 9.84. The number of nitrogens with two attached hydrogens (primary N) is 1. The molecule has 268 valence electrons. The van der Waals surface area contributed by atoms with Crippen molar-refractivity contribution >= 4 is 35.1 Å². The molecule has 0 radical (unpaired) electrons. The predicted octanol–water partition coefficient (Wildman–Crippen LogP) is 0.784. The highest BCUT2D eigenvalue weighted by molar-refractivity contribution is 6.39. The van der Waals surface area contributed by atoms with Crippen molar-refractivity contribution in [3.8, 4) is 0 Å². The number of nitrogens with one attached hydrogen (secondary N) is 2. The van der Waals surface area contributed by atoms with Crippen molar-refractivity contribution in [1.29, 1.82) is 0 Å². The number of primary amides is 1. The van der Waals surface area contributed by atoms with E-state index in [1.807, 2.05) is 0 Å². The Morgan fingerprint density at radius 3 is 2.56 bits per heavy atom. The lowest BCUT2D eigenvalue weighted by Gasteiger charge is -2.37. The quantitative estimate of drug-likeness (QED) is 0.207. The van der Waals surface area contributed by atoms with Gasteiger partial charge in [-0.05, 0) is 38.3 Å². The molecule has 3 aromatic heterocycles. The number of hydrogen-bond donors (Lipinski definition) is 4. The number of fused-ring (bicyclic) bond motifs is 1. The van der Waals surface area contributed by atoms with Gasteiger partial charge >= 0.3 is 0 Å². The van der Waals surface area contributed by atoms with Crippen LogP contribution in [0.1, 0.15) is 93.7 Å². The summed E-state index contributed by atoms with van der Waals surface area (Å²) < 4.78 is 8.65. The van der Waals surface area contributed by atoms with E-state index in [-0.39, 0.29) is 44.9 Å². The smallest absolute Gasteiger partial charge is 0.287 e. The number of ether oxygens (including phenoxy) is 1. The summed E-state index contributed by atoms with van der Waals surface area (Å²) in [5, 5.41) is 24.8. The third-order valence-corrected chi connectivity index (χ3v) is 10.3. The monoisotopic (exact) mass is 691 g/mol. The molecular weight excluding hydrogens is 646 g/mol. The number of ketones is 1. The summed E-state index contributed by atoms with van der Waals surface area (Å²) in [5.74, 6) is -3.46. The summed E-state index contributed by atoms with van der Waals surface area (Å²) in [6, 6.07) is 0.710. The van der Waals surface area contributed by atoms with E-state index in [0.29, 0.717) is 23.3 Å². The number of aliphatic hydroxyl groups is 1. The number of nitrogens with zero attached hydrogens (tertiary/aromatic N) is 6. The zero-order chi connectivity index (χ0) is 35.6. The number of carbonyl (C=O) groups excluding carboxylic acids is 5. The fourth-order valence-electron chi connectivity index (χ4n) is 7.59. The van der Waals surface area contributed by atoms with Gasteiger partial charge in [-0.3, -0.25) is 24.0 Å². The SMILES string of the molecule is CC(C)(O)c1cnnn1[C@H]1C[C@@H](C(=O)NC2(C(=O)C(N)=O)CCOCC2)N(C(=O)[C@@H](CC2CCCCC2)NC(=O)c2ccc3nccn3c2)C1. The van der Waals surface area contributed by atoms with E-state index >= 15 is 0 Å². The van der Waals surface area contributed by atoms with Crippen LogP contribution in [0, 0.1) is 5.92 Å². The van der Waals surface area contributed by atoms with E-state index in [0.717, 1.165) is 32.1 Å². The number of likely N-dealkylation sites (tertiary alicyclic amines) is 1. The number of rotatable bonds is 11. The summed E-state index contributed by atoms with van der Waals surface area (Å²) in [7, 11) is 0. The minimum atomic E-state index is -1.58. The van der Waals surface area contributed by atoms with Crippen molar-refractivity contribution < 1.29 is 33.8 Å². The first-order valence-electron chi connectivity index (χ1n) is 17.3. The summed E-state index contributed by atoms with van der Waals surface area (Å²) in [6.45, 7) is 3.45. The third-order valence-electron chi connectivity index (χ3n) is 10.3. The van der Waals surface area contributed by atoms with Gasteiger partial charge in [0.1, 0.15) is 28.9 Å². The van der Waals surface area contributed by atoms with Crippen molar-refractivity contribution in [2.45, 2.75) is 101 Å². The molecule has 50 heavy (non-hydrogen) atoms. The first-order chi connectivity index (χ1) is 23.9. The van der Waals surface area contributed by atoms with Gasteiger partial charge < -0.3 is 35.5 Å². The van der Waals surface area contributed by atoms with Crippen LogP contribution in [0.15, 0.2) is 36.9 Å². The maximum atomic E-state index is 14.7. The normalized spacial score (nSPS) is 21.9. The number of imidazole rings is 1. The molecule has 5 heterocycles. The second-order valence-corrected chi connectivity index (χ2v) is 14.3. The van der Waals surface area contributed by atoms with Gasteiger partial charge in [-0.2, -0.15) is 0 Å². The van der Waals surface area contributed by atoms with Crippen molar-refractivity contribution in [2.24, 2.45) is 11.7 Å². The molecule has 2 saturated heterocycles. The molecule has 6 rings (SSSR count). The Morgan fingerprint density at radius 2 is 1.86 bits per heavy atom. The van der Waals surface area contributed by atoms with E-state index < -0.39 is 58.7 Å². The molecule has 0 spiro atoms. The van der Waals surface area contributed by atoms with Gasteiger partial charge in [0.25, 0.3) is 11.8 Å². The fourth-order valence-corrected chi connectivity index (χ4v) is 7.59. The van der Waals surface area contributed by atoms with Crippen LogP contribution in [-0.4, -0.2) is 101 Å². The van der Waals surface area contributed by atoms with Gasteiger partial charge in [-0.25, -0.2) is 9.67 Å². The fraction of sp³-hybridized carbons (Fsp3) is 0.588. The molecule has 16 nitrogen and oxygen atoms in total. The molecule has 1 aliphatic carbocycles. The highest BCUT2D eigenvalue weighted by Crippen LogP contribution is 2.34. The molecule has 0 unspecified atom stereocenters. The van der Waals surface area contributed by atoms with E-state index in [4.69, 9.17) is 10.5 Å².